The van der Waals surface area contributed by atoms with Crippen LogP contribution < -0.4 is 10.8 Å². The fraction of sp³-hybridized carbons (Fsp3) is 0.593. The SMILES string of the molecule is COC(=O)NC(C(=O)N1CCC[C@H]1c1ncc(-c2ccc(B3OC(C)(C)C(C)(C)O3)cc2)[nH]1)C(C)(C)S(C)(=O)=O. The first kappa shape index (κ1) is 30.1. The highest BCUT2D eigenvalue weighted by atomic mass is 32.2. The smallest absolute Gasteiger partial charge is 0.453 e. The van der Waals surface area contributed by atoms with E-state index in [1.807, 2.05) is 52.0 Å². The molecule has 3 heterocycles. The van der Waals surface area contributed by atoms with Crippen LogP contribution in [0.25, 0.3) is 11.3 Å². The minimum absolute atomic E-state index is 0.400. The molecule has 2 aliphatic heterocycles. The van der Waals surface area contributed by atoms with Crippen LogP contribution in [0.2, 0.25) is 0 Å². The number of H-pyrrole nitrogens is 1. The Balaban J connectivity index is 1.54. The number of nitrogens with one attached hydrogen (secondary N) is 2. The first-order valence-corrected chi connectivity index (χ1v) is 15.2. The highest BCUT2D eigenvalue weighted by Gasteiger charge is 2.52. The average Bonchev–Trinajstić information content (AvgIpc) is 3.59. The zero-order valence-corrected chi connectivity index (χ0v) is 25.2. The molecule has 2 atom stereocenters. The number of imidazole rings is 1. The Morgan fingerprint density at radius 3 is 2.33 bits per heavy atom. The molecule has 13 heteroatoms. The molecule has 0 radical (unpaired) electrons. The molecule has 1 aromatic heterocycles. The molecule has 11 nitrogen and oxygen atoms in total. The Morgan fingerprint density at radius 2 is 1.77 bits per heavy atom. The van der Waals surface area contributed by atoms with Crippen molar-refractivity contribution >= 4 is 34.4 Å². The summed E-state index contributed by atoms with van der Waals surface area (Å²) in [6, 6.07) is 6.09. The molecule has 0 saturated carbocycles. The van der Waals surface area contributed by atoms with Crippen molar-refractivity contribution < 1.29 is 32.1 Å². The monoisotopic (exact) mass is 574 g/mol. The van der Waals surface area contributed by atoms with Gasteiger partial charge in [0.05, 0.1) is 41.0 Å². The summed E-state index contributed by atoms with van der Waals surface area (Å²) < 4.78 is 40.5. The van der Waals surface area contributed by atoms with E-state index < -0.39 is 57.0 Å². The van der Waals surface area contributed by atoms with E-state index >= 15 is 0 Å². The maximum Gasteiger partial charge on any atom is 0.494 e. The molecule has 1 unspecified atom stereocenters. The fourth-order valence-corrected chi connectivity index (χ4v) is 5.44. The van der Waals surface area contributed by atoms with Crippen molar-refractivity contribution in [3.63, 3.8) is 0 Å². The number of aromatic amines is 1. The summed E-state index contributed by atoms with van der Waals surface area (Å²) >= 11 is 0. The molecule has 218 valence electrons. The Morgan fingerprint density at radius 1 is 1.18 bits per heavy atom. The fourth-order valence-electron chi connectivity index (χ4n) is 4.86. The van der Waals surface area contributed by atoms with Crippen LogP contribution in [0.3, 0.4) is 0 Å². The zero-order chi connectivity index (χ0) is 29.7. The van der Waals surface area contributed by atoms with Gasteiger partial charge >= 0.3 is 13.2 Å². The molecule has 0 bridgehead atoms. The molecular weight excluding hydrogens is 535 g/mol. The number of nitrogens with zero attached hydrogens (tertiary/aromatic N) is 2. The van der Waals surface area contributed by atoms with E-state index in [-0.39, 0.29) is 0 Å². The molecule has 40 heavy (non-hydrogen) atoms. The lowest BCUT2D eigenvalue weighted by atomic mass is 9.79. The lowest BCUT2D eigenvalue weighted by molar-refractivity contribution is -0.135. The molecule has 2 amide bonds. The largest absolute Gasteiger partial charge is 0.494 e. The summed E-state index contributed by atoms with van der Waals surface area (Å²) in [5.41, 5.74) is 1.73. The number of benzene rings is 1. The molecule has 0 spiro atoms. The number of rotatable bonds is 7. The van der Waals surface area contributed by atoms with Gasteiger partial charge in [-0.2, -0.15) is 0 Å². The van der Waals surface area contributed by atoms with Crippen LogP contribution in [0.5, 0.6) is 0 Å². The lowest BCUT2D eigenvalue weighted by Crippen LogP contribution is -2.61. The van der Waals surface area contributed by atoms with Gasteiger partial charge in [0.15, 0.2) is 9.84 Å². The van der Waals surface area contributed by atoms with Crippen molar-refractivity contribution in [3.8, 4) is 11.3 Å². The maximum atomic E-state index is 13.7. The Labute approximate surface area is 236 Å². The summed E-state index contributed by atoms with van der Waals surface area (Å²) in [7, 11) is -3.02. The van der Waals surface area contributed by atoms with Gasteiger partial charge in [-0.05, 0) is 65.4 Å². The van der Waals surface area contributed by atoms with Crippen LogP contribution in [0.4, 0.5) is 4.79 Å². The molecule has 2 aliphatic rings. The summed E-state index contributed by atoms with van der Waals surface area (Å²) in [4.78, 5) is 35.3. The van der Waals surface area contributed by atoms with Gasteiger partial charge in [-0.3, -0.25) is 4.79 Å². The van der Waals surface area contributed by atoms with Gasteiger partial charge in [0.2, 0.25) is 5.91 Å². The number of alkyl carbamates (subject to hydrolysis) is 1. The second-order valence-corrected chi connectivity index (χ2v) is 14.6. The molecule has 2 N–H and O–H groups in total. The van der Waals surface area contributed by atoms with E-state index in [1.54, 1.807) is 11.1 Å². The summed E-state index contributed by atoms with van der Waals surface area (Å²) in [5, 5.41) is 2.45. The molecule has 2 aromatic rings. The van der Waals surface area contributed by atoms with E-state index in [0.29, 0.717) is 25.2 Å². The number of carbonyl (C=O) groups is 2. The summed E-state index contributed by atoms with van der Waals surface area (Å²) in [6.45, 7) is 11.3. The number of methoxy groups -OCH3 is 1. The van der Waals surface area contributed by atoms with Gasteiger partial charge in [0.25, 0.3) is 0 Å². The third-order valence-electron chi connectivity index (χ3n) is 8.54. The number of likely N-dealkylation sites (tertiary alicyclic amines) is 1. The van der Waals surface area contributed by atoms with Crippen LogP contribution in [-0.2, 0) is 28.7 Å². The number of ether oxygens (including phenoxy) is 1. The predicted molar refractivity (Wildman–Crippen MR) is 152 cm³/mol. The number of hydrogen-bond donors (Lipinski definition) is 2. The standard InChI is InChI=1S/C27H39BN4O7S/c1-25(2,40(8,35)36)21(31-24(34)37-7)23(33)32-15-9-10-20(32)22-29-16-19(30-22)17-11-13-18(14-12-17)28-38-26(3,4)27(5,6)39-28/h11-14,16,20-21H,9-10,15H2,1-8H3,(H,29,30)(H,31,34)/t20-,21?/m0/s1. The van der Waals surface area contributed by atoms with Crippen molar-refractivity contribution in [1.82, 2.24) is 20.2 Å². The Hall–Kier alpha value is -2.90. The minimum atomic E-state index is -3.73. The number of amides is 2. The van der Waals surface area contributed by atoms with Crippen LogP contribution >= 0.6 is 0 Å². The maximum absolute atomic E-state index is 13.7. The molecule has 4 rings (SSSR count). The van der Waals surface area contributed by atoms with E-state index in [0.717, 1.165) is 30.1 Å². The second-order valence-electron chi connectivity index (χ2n) is 12.0. The van der Waals surface area contributed by atoms with E-state index in [9.17, 15) is 18.0 Å². The van der Waals surface area contributed by atoms with Crippen molar-refractivity contribution in [2.75, 3.05) is 19.9 Å². The average molecular weight is 575 g/mol. The first-order valence-electron chi connectivity index (χ1n) is 13.3. The molecule has 1 aromatic carbocycles. The van der Waals surface area contributed by atoms with Crippen LogP contribution in [-0.4, -0.2) is 84.3 Å². The van der Waals surface area contributed by atoms with Gasteiger partial charge in [-0.25, -0.2) is 18.2 Å². The van der Waals surface area contributed by atoms with Crippen molar-refractivity contribution in [2.24, 2.45) is 0 Å². The van der Waals surface area contributed by atoms with E-state index in [4.69, 9.17) is 9.31 Å². The molecule has 2 fully saturated rings. The Bertz CT molecular complexity index is 1360. The lowest BCUT2D eigenvalue weighted by Gasteiger charge is -2.36. The normalized spacial score (nSPS) is 21.4. The molecular formula is C27H39BN4O7S. The third-order valence-corrected chi connectivity index (χ3v) is 10.7. The minimum Gasteiger partial charge on any atom is -0.453 e. The number of aromatic nitrogens is 2. The predicted octanol–water partition coefficient (Wildman–Crippen LogP) is 2.59. The Kier molecular flexibility index (Phi) is 7.89. The van der Waals surface area contributed by atoms with Gasteiger partial charge in [-0.15, -0.1) is 0 Å². The quantitative estimate of drug-likeness (QED) is 0.481. The van der Waals surface area contributed by atoms with Gasteiger partial charge in [-0.1, -0.05) is 24.3 Å². The number of sulfone groups is 1. The topological polar surface area (TPSA) is 140 Å². The zero-order valence-electron chi connectivity index (χ0n) is 24.4. The first-order chi connectivity index (χ1) is 18.5. The summed E-state index contributed by atoms with van der Waals surface area (Å²) in [6.07, 6.45) is 3.23. The number of hydrogen-bond acceptors (Lipinski definition) is 8. The molecule has 0 aliphatic carbocycles. The van der Waals surface area contributed by atoms with Crippen molar-refractivity contribution in [1.29, 1.82) is 0 Å². The highest BCUT2D eigenvalue weighted by molar-refractivity contribution is 7.92. The van der Waals surface area contributed by atoms with E-state index in [1.165, 1.54) is 13.8 Å². The molecule has 2 saturated heterocycles. The van der Waals surface area contributed by atoms with Crippen LogP contribution in [0.15, 0.2) is 30.5 Å². The van der Waals surface area contributed by atoms with Crippen LogP contribution in [0.1, 0.15) is 66.3 Å². The van der Waals surface area contributed by atoms with Gasteiger partial charge < -0.3 is 29.2 Å². The third kappa shape index (κ3) is 5.51. The van der Waals surface area contributed by atoms with Gasteiger partial charge in [0, 0.05) is 12.8 Å². The highest BCUT2D eigenvalue weighted by Crippen LogP contribution is 2.37. The van der Waals surface area contributed by atoms with Crippen molar-refractivity contribution in [2.45, 2.75) is 82.4 Å². The second kappa shape index (κ2) is 10.5. The van der Waals surface area contributed by atoms with Gasteiger partial charge in [0.1, 0.15) is 11.9 Å². The number of carbonyl (C=O) groups excluding carboxylic acids is 2. The van der Waals surface area contributed by atoms with E-state index in [2.05, 4.69) is 20.0 Å². The summed E-state index contributed by atoms with van der Waals surface area (Å²) in [5.74, 6) is 0.0814. The van der Waals surface area contributed by atoms with Crippen molar-refractivity contribution in [3.05, 3.63) is 36.3 Å². The van der Waals surface area contributed by atoms with Crippen LogP contribution in [0, 0.1) is 0 Å².